The first-order valence-corrected chi connectivity index (χ1v) is 35.1. The van der Waals surface area contributed by atoms with Gasteiger partial charge in [-0.25, -0.2) is 0 Å². The number of rotatable bonds is 19. The van der Waals surface area contributed by atoms with Crippen molar-refractivity contribution in [2.45, 2.75) is 148 Å². The van der Waals surface area contributed by atoms with Crippen LogP contribution in [0.15, 0.2) is 5.16 Å². The molecule has 8 nitrogen and oxygen atoms in total. The van der Waals surface area contributed by atoms with Crippen molar-refractivity contribution in [2.75, 3.05) is 13.7 Å². The zero-order valence-corrected chi connectivity index (χ0v) is 35.5. The van der Waals surface area contributed by atoms with Crippen molar-refractivity contribution >= 4 is 56.1 Å². The second kappa shape index (κ2) is 15.5. The highest BCUT2D eigenvalue weighted by molar-refractivity contribution is 6.72. The average molecular weight is 672 g/mol. The fourth-order valence-electron chi connectivity index (χ4n) is 3.91. The summed E-state index contributed by atoms with van der Waals surface area (Å²) in [5.74, 6) is 0. The van der Waals surface area contributed by atoms with Gasteiger partial charge in [0.25, 0.3) is 0 Å². The second-order valence-corrected chi connectivity index (χ2v) is 43.2. The van der Waals surface area contributed by atoms with Crippen LogP contribution in [0.2, 0.25) is 118 Å². The first kappa shape index (κ1) is 40.5. The van der Waals surface area contributed by atoms with Crippen LogP contribution in [0.1, 0.15) is 0 Å². The number of oxime groups is 1. The molecule has 0 rings (SSSR count). The molecule has 0 saturated heterocycles. The minimum absolute atomic E-state index is 0.314. The van der Waals surface area contributed by atoms with Crippen molar-refractivity contribution in [2.24, 2.45) is 5.16 Å². The van der Waals surface area contributed by atoms with Gasteiger partial charge in [-0.1, -0.05) is 5.16 Å². The molecule has 0 aromatic rings. The van der Waals surface area contributed by atoms with Gasteiger partial charge in [-0.3, -0.25) is 0 Å². The number of nitrogens with zero attached hydrogens (tertiary/aromatic N) is 1. The highest BCUT2D eigenvalue weighted by atomic mass is 28.4. The van der Waals surface area contributed by atoms with Crippen LogP contribution in [0.4, 0.5) is 0 Å². The third-order valence-corrected chi connectivity index (χ3v) is 10.8. The molecule has 0 spiro atoms. The lowest BCUT2D eigenvalue weighted by atomic mass is 10.00. The molecule has 0 aliphatic carbocycles. The molecule has 14 heteroatoms. The van der Waals surface area contributed by atoms with Gasteiger partial charge in [0, 0.05) is 0 Å². The lowest BCUT2D eigenvalue weighted by molar-refractivity contribution is -0.103. The van der Waals surface area contributed by atoms with Gasteiger partial charge >= 0.3 is 0 Å². The Balaban J connectivity index is 7.38. The molecule has 0 aliphatic heterocycles. The van der Waals surface area contributed by atoms with E-state index in [4.69, 9.17) is 31.4 Å². The van der Waals surface area contributed by atoms with Crippen LogP contribution in [0.25, 0.3) is 0 Å². The summed E-state index contributed by atoms with van der Waals surface area (Å²) in [6, 6.07) is 0. The molecule has 0 amide bonds. The lowest BCUT2D eigenvalue weighted by Crippen LogP contribution is -2.62. The van der Waals surface area contributed by atoms with Gasteiger partial charge in [-0.15, -0.1) is 0 Å². The van der Waals surface area contributed by atoms with E-state index in [1.165, 1.54) is 0 Å². The van der Waals surface area contributed by atoms with E-state index in [9.17, 15) is 0 Å². The SMILES string of the molecule is CO/N=C/C(O[Si](C)(C)C)C(O[Si](C)(C)C)C(O[Si](C)(C)C)C(O[Si](C)(C)C)C(CO[Si](C)(C)C)O[Si](C)(C)C. The van der Waals surface area contributed by atoms with Crippen LogP contribution >= 0.6 is 0 Å². The smallest absolute Gasteiger partial charge is 0.184 e. The molecule has 0 fully saturated rings. The summed E-state index contributed by atoms with van der Waals surface area (Å²) in [4.78, 5) is 5.15. The van der Waals surface area contributed by atoms with Crippen molar-refractivity contribution < 1.29 is 31.4 Å². The summed E-state index contributed by atoms with van der Waals surface area (Å²) in [7, 11) is -10.6. The Bertz CT molecular complexity index is 762. The van der Waals surface area contributed by atoms with Crippen LogP contribution in [0.5, 0.6) is 0 Å². The monoisotopic (exact) mass is 671 g/mol. The minimum Gasteiger partial charge on any atom is -0.415 e. The minimum atomic E-state index is -2.12. The second-order valence-electron chi connectivity index (χ2n) is 16.4. The third-order valence-electron chi connectivity index (χ3n) is 4.80. The quantitative estimate of drug-likeness (QED) is 0.0796. The summed E-state index contributed by atoms with van der Waals surface area (Å²) in [5.41, 5.74) is 0. The molecule has 40 heavy (non-hydrogen) atoms. The fraction of sp³-hybridized carbons (Fsp3) is 0.962. The average Bonchev–Trinajstić information content (AvgIpc) is 2.65. The standard InChI is InChI=1S/C26H65NO7Si6/c1-28-27-20-22(30-36(5,6)7)24(32-38(11,12)13)26(34-40(17,18)19)25(33-39(14,15)16)23(31-37(8,9)10)21-29-35(2,3)4/h20,22-26H,21H2,1-19H3/b27-20+. The van der Waals surface area contributed by atoms with Crippen molar-refractivity contribution in [3.8, 4) is 0 Å². The van der Waals surface area contributed by atoms with E-state index < -0.39 is 74.3 Å². The molecule has 0 saturated carbocycles. The maximum absolute atomic E-state index is 7.11. The summed E-state index contributed by atoms with van der Waals surface area (Å²) in [6.45, 7) is 40.1. The van der Waals surface area contributed by atoms with E-state index in [2.05, 4.69) is 123 Å². The van der Waals surface area contributed by atoms with Crippen LogP contribution in [-0.2, 0) is 31.4 Å². The van der Waals surface area contributed by atoms with Crippen molar-refractivity contribution in [1.29, 1.82) is 0 Å². The van der Waals surface area contributed by atoms with E-state index in [0.717, 1.165) is 0 Å². The summed E-state index contributed by atoms with van der Waals surface area (Å²) in [6.07, 6.45) is -0.385. The predicted octanol–water partition coefficient (Wildman–Crippen LogP) is 7.57. The van der Waals surface area contributed by atoms with Gasteiger partial charge in [0.2, 0.25) is 0 Å². The fourth-order valence-corrected chi connectivity index (χ4v) is 9.97. The Kier molecular flexibility index (Phi) is 15.7. The molecule has 5 atom stereocenters. The summed E-state index contributed by atoms with van der Waals surface area (Å²) >= 11 is 0. The zero-order valence-electron chi connectivity index (χ0n) is 29.5. The predicted molar refractivity (Wildman–Crippen MR) is 186 cm³/mol. The maximum atomic E-state index is 7.11. The van der Waals surface area contributed by atoms with Gasteiger partial charge in [0.15, 0.2) is 49.9 Å². The van der Waals surface area contributed by atoms with Crippen LogP contribution in [-0.4, -0.2) is 100 Å². The van der Waals surface area contributed by atoms with Gasteiger partial charge in [0.05, 0.1) is 25.0 Å². The third kappa shape index (κ3) is 20.4. The topological polar surface area (TPSA) is 77.0 Å². The van der Waals surface area contributed by atoms with Crippen molar-refractivity contribution in [3.63, 3.8) is 0 Å². The molecule has 0 aromatic heterocycles. The molecular formula is C26H65NO7Si6. The van der Waals surface area contributed by atoms with E-state index in [1.54, 1.807) is 13.3 Å². The van der Waals surface area contributed by atoms with Gasteiger partial charge in [-0.2, -0.15) is 0 Å². The van der Waals surface area contributed by atoms with E-state index >= 15 is 0 Å². The van der Waals surface area contributed by atoms with E-state index in [-0.39, 0.29) is 6.10 Å². The highest BCUT2D eigenvalue weighted by Gasteiger charge is 2.48. The Morgan fingerprint density at radius 3 is 1.20 bits per heavy atom. The number of hydrogen-bond donors (Lipinski definition) is 0. The first-order chi connectivity index (χ1) is 17.5. The molecule has 0 radical (unpaired) electrons. The van der Waals surface area contributed by atoms with Crippen LogP contribution < -0.4 is 0 Å². The lowest BCUT2D eigenvalue weighted by Gasteiger charge is -2.47. The van der Waals surface area contributed by atoms with Crippen LogP contribution in [0, 0.1) is 0 Å². The van der Waals surface area contributed by atoms with Gasteiger partial charge in [0.1, 0.15) is 25.4 Å². The molecule has 0 heterocycles. The largest absolute Gasteiger partial charge is 0.415 e. The number of hydrogen-bond acceptors (Lipinski definition) is 8. The summed E-state index contributed by atoms with van der Waals surface area (Å²) in [5, 5.41) is 4.18. The summed E-state index contributed by atoms with van der Waals surface area (Å²) < 4.78 is 41.4. The Hall–Kier alpha value is 0.531. The highest BCUT2D eigenvalue weighted by Crippen LogP contribution is 2.31. The zero-order chi connectivity index (χ0) is 32.0. The van der Waals surface area contributed by atoms with E-state index in [0.29, 0.717) is 6.61 Å². The first-order valence-electron chi connectivity index (χ1n) is 14.6. The Morgan fingerprint density at radius 2 is 0.850 bits per heavy atom. The Morgan fingerprint density at radius 1 is 0.475 bits per heavy atom. The van der Waals surface area contributed by atoms with Crippen LogP contribution in [0.3, 0.4) is 0 Å². The molecule has 240 valence electrons. The van der Waals surface area contributed by atoms with Crippen molar-refractivity contribution in [1.82, 2.24) is 0 Å². The van der Waals surface area contributed by atoms with Gasteiger partial charge in [-0.05, 0) is 118 Å². The Labute approximate surface area is 254 Å². The van der Waals surface area contributed by atoms with Crippen molar-refractivity contribution in [3.05, 3.63) is 0 Å². The maximum Gasteiger partial charge on any atom is 0.184 e. The molecule has 0 aliphatic rings. The molecule has 0 bridgehead atoms. The molecule has 0 N–H and O–H groups in total. The molecule has 0 aromatic carbocycles. The molecular weight excluding hydrogens is 607 g/mol. The van der Waals surface area contributed by atoms with Gasteiger partial charge < -0.3 is 31.4 Å². The normalized spacial score (nSPS) is 18.5. The molecule has 5 unspecified atom stereocenters. The van der Waals surface area contributed by atoms with E-state index in [1.807, 2.05) is 0 Å².